The monoisotopic (exact) mass is 548 g/mol. The number of rotatable bonds is 5. The number of aromatic nitrogens is 1. The van der Waals surface area contributed by atoms with Crippen LogP contribution in [0.2, 0.25) is 0 Å². The molecule has 0 radical (unpaired) electrons. The lowest BCUT2D eigenvalue weighted by atomic mass is 9.68. The first-order valence-corrected chi connectivity index (χ1v) is 14.4. The number of hydrogen-bond acceptors (Lipinski definition) is 7. The molecule has 3 aromatic rings. The van der Waals surface area contributed by atoms with Crippen LogP contribution in [0, 0.1) is 29.6 Å². The van der Waals surface area contributed by atoms with Crippen LogP contribution in [0.25, 0.3) is 0 Å². The van der Waals surface area contributed by atoms with Crippen molar-refractivity contribution in [3.8, 4) is 11.5 Å². The molecule has 2 aliphatic carbocycles. The van der Waals surface area contributed by atoms with Gasteiger partial charge in [0.2, 0.25) is 11.8 Å². The summed E-state index contributed by atoms with van der Waals surface area (Å²) in [6, 6.07) is 16.2. The van der Waals surface area contributed by atoms with Crippen LogP contribution in [0.4, 0.5) is 0 Å². The van der Waals surface area contributed by atoms with E-state index in [9.17, 15) is 24.3 Å². The molecule has 3 heterocycles. The molecule has 8 atom stereocenters. The van der Waals surface area contributed by atoms with E-state index < -0.39 is 23.8 Å². The van der Waals surface area contributed by atoms with E-state index in [4.69, 9.17) is 4.74 Å². The summed E-state index contributed by atoms with van der Waals surface area (Å²) >= 11 is 2.81. The molecule has 3 fully saturated rings. The molecule has 2 aliphatic heterocycles. The third-order valence-corrected chi connectivity index (χ3v) is 11.3. The first-order chi connectivity index (χ1) is 18.3. The number of aromatic amines is 1. The summed E-state index contributed by atoms with van der Waals surface area (Å²) < 4.78 is 6.11. The number of thiazole rings is 1. The highest BCUT2D eigenvalue weighted by Crippen LogP contribution is 2.68. The Labute approximate surface area is 226 Å². The Bertz CT molecular complexity index is 1530. The molecule has 194 valence electrons. The third-order valence-electron chi connectivity index (χ3n) is 8.70. The van der Waals surface area contributed by atoms with Crippen LogP contribution >= 0.6 is 23.1 Å². The van der Waals surface area contributed by atoms with Crippen molar-refractivity contribution < 1.29 is 24.2 Å². The van der Waals surface area contributed by atoms with Crippen LogP contribution in [0.3, 0.4) is 0 Å². The Morgan fingerprint density at radius 2 is 1.74 bits per heavy atom. The van der Waals surface area contributed by atoms with E-state index in [0.717, 1.165) is 32.5 Å². The lowest BCUT2D eigenvalue weighted by Gasteiger charge is -2.43. The molecule has 7 rings (SSSR count). The number of carboxylic acid groups (broad SMARTS) is 1. The number of imide groups is 1. The maximum absolute atomic E-state index is 13.5. The molecule has 0 unspecified atom stereocenters. The number of ether oxygens (including phenoxy) is 1. The summed E-state index contributed by atoms with van der Waals surface area (Å²) in [6.45, 7) is 1.40. The maximum atomic E-state index is 13.5. The number of hydrogen-bond donors (Lipinski definition) is 2. The normalized spacial score (nSPS) is 31.6. The van der Waals surface area contributed by atoms with Crippen molar-refractivity contribution in [1.82, 2.24) is 9.88 Å². The molecule has 8 nitrogen and oxygen atoms in total. The summed E-state index contributed by atoms with van der Waals surface area (Å²) in [7, 11) is 0. The zero-order chi connectivity index (χ0) is 26.3. The first-order valence-electron chi connectivity index (χ1n) is 12.7. The predicted molar refractivity (Wildman–Crippen MR) is 140 cm³/mol. The van der Waals surface area contributed by atoms with Crippen molar-refractivity contribution >= 4 is 40.9 Å². The largest absolute Gasteiger partial charge is 0.480 e. The van der Waals surface area contributed by atoms with Crippen molar-refractivity contribution in [3.63, 3.8) is 0 Å². The van der Waals surface area contributed by atoms with Crippen molar-refractivity contribution in [2.24, 2.45) is 29.6 Å². The predicted octanol–water partition coefficient (Wildman–Crippen LogP) is 4.18. The van der Waals surface area contributed by atoms with Gasteiger partial charge in [0, 0.05) is 16.0 Å². The molecule has 10 heteroatoms. The number of carbonyl (C=O) groups is 3. The molecular formula is C28H24N2O6S2. The molecule has 4 aliphatic rings. The van der Waals surface area contributed by atoms with Gasteiger partial charge >= 0.3 is 10.8 Å². The summed E-state index contributed by atoms with van der Waals surface area (Å²) in [5, 5.41) is 10.4. The molecule has 2 bridgehead atoms. The number of likely N-dealkylation sites (tertiary alicyclic amines) is 1. The van der Waals surface area contributed by atoms with Crippen LogP contribution in [0.1, 0.15) is 29.7 Å². The SMILES string of the molecule is C[C@H](C(=O)O)N1C(=O)[C@H]2[C@@H]3C[C@@H]([C@@H]2C1=O)[C@H]1[C@H](c2cccc(Oc4ccccc4)c2)c2sc(=O)[nH]c2S[C@H]31. The van der Waals surface area contributed by atoms with E-state index in [-0.39, 0.29) is 45.6 Å². The Hall–Kier alpha value is -3.37. The minimum atomic E-state index is -1.18. The van der Waals surface area contributed by atoms with E-state index >= 15 is 0 Å². The van der Waals surface area contributed by atoms with E-state index in [1.54, 1.807) is 11.8 Å². The summed E-state index contributed by atoms with van der Waals surface area (Å²) in [5.41, 5.74) is 1.00. The third kappa shape index (κ3) is 3.36. The number of aliphatic carboxylic acids is 1. The van der Waals surface area contributed by atoms with Gasteiger partial charge in [-0.05, 0) is 60.9 Å². The second-order valence-electron chi connectivity index (χ2n) is 10.5. The maximum Gasteiger partial charge on any atom is 0.326 e. The van der Waals surface area contributed by atoms with Crippen LogP contribution in [0.5, 0.6) is 11.5 Å². The van der Waals surface area contributed by atoms with Crippen LogP contribution in [-0.4, -0.2) is 44.1 Å². The molecule has 1 aromatic heterocycles. The smallest absolute Gasteiger partial charge is 0.326 e. The number of thioether (sulfide) groups is 1. The zero-order valence-corrected chi connectivity index (χ0v) is 21.9. The van der Waals surface area contributed by atoms with Gasteiger partial charge in [-0.3, -0.25) is 19.3 Å². The van der Waals surface area contributed by atoms with Crippen molar-refractivity contribution in [2.45, 2.75) is 35.6 Å². The second-order valence-corrected chi connectivity index (χ2v) is 12.7. The van der Waals surface area contributed by atoms with E-state index in [1.165, 1.54) is 18.3 Å². The summed E-state index contributed by atoms with van der Waals surface area (Å²) in [4.78, 5) is 55.9. The van der Waals surface area contributed by atoms with Gasteiger partial charge in [-0.2, -0.15) is 0 Å². The number of fused-ring (bicyclic) bond motifs is 9. The van der Waals surface area contributed by atoms with Crippen LogP contribution in [-0.2, 0) is 14.4 Å². The van der Waals surface area contributed by atoms with Crippen LogP contribution < -0.4 is 9.61 Å². The number of amides is 2. The Balaban J connectivity index is 1.29. The lowest BCUT2D eigenvalue weighted by molar-refractivity contribution is -0.154. The standard InChI is InChI=1S/C28H24N2O6S2/c1-12(27(33)34)30-25(31)20-16-11-17(21(20)26(30)32)22-19(16)18(23-24(37-22)29-28(35)38-23)13-6-5-9-15(10-13)36-14-7-3-2-4-8-14/h2-10,12,16-22H,11H2,1H3,(H,29,35)(H,33,34)/t12-,16-,17+,18+,19+,20+,21+,22-/m1/s1. The number of carboxylic acids is 1. The molecule has 2 N–H and O–H groups in total. The van der Waals surface area contributed by atoms with Gasteiger partial charge in [-0.25, -0.2) is 4.79 Å². The fourth-order valence-corrected chi connectivity index (χ4v) is 10.2. The van der Waals surface area contributed by atoms with Crippen LogP contribution in [0.15, 0.2) is 64.4 Å². The minimum absolute atomic E-state index is 0.0361. The second kappa shape index (κ2) is 8.57. The quantitative estimate of drug-likeness (QED) is 0.460. The average molecular weight is 549 g/mol. The highest BCUT2D eigenvalue weighted by atomic mass is 32.2. The molecule has 2 amide bonds. The Kier molecular flexibility index (Phi) is 5.35. The van der Waals surface area contributed by atoms with Gasteiger partial charge in [-0.1, -0.05) is 41.7 Å². The van der Waals surface area contributed by atoms with Gasteiger partial charge in [0.05, 0.1) is 16.9 Å². The number of nitrogens with zero attached hydrogens (tertiary/aromatic N) is 1. The Morgan fingerprint density at radius 1 is 1.03 bits per heavy atom. The molecular weight excluding hydrogens is 524 g/mol. The van der Waals surface area contributed by atoms with Gasteiger partial charge in [0.25, 0.3) is 0 Å². The molecule has 38 heavy (non-hydrogen) atoms. The molecule has 0 spiro atoms. The number of para-hydroxylation sites is 1. The van der Waals surface area contributed by atoms with E-state index in [2.05, 4.69) is 4.98 Å². The van der Waals surface area contributed by atoms with Gasteiger partial charge < -0.3 is 14.8 Å². The highest BCUT2D eigenvalue weighted by Gasteiger charge is 2.70. The molecule has 2 aromatic carbocycles. The fraction of sp³-hybridized carbons (Fsp3) is 0.357. The van der Waals surface area contributed by atoms with Gasteiger partial charge in [0.1, 0.15) is 17.5 Å². The van der Waals surface area contributed by atoms with E-state index in [0.29, 0.717) is 5.75 Å². The first kappa shape index (κ1) is 23.7. The average Bonchev–Trinajstić information content (AvgIpc) is 3.63. The summed E-state index contributed by atoms with van der Waals surface area (Å²) in [6.07, 6.45) is 0.750. The van der Waals surface area contributed by atoms with Crippen molar-refractivity contribution in [2.75, 3.05) is 0 Å². The lowest BCUT2D eigenvalue weighted by Crippen LogP contribution is -2.44. The molecule has 2 saturated carbocycles. The number of carbonyl (C=O) groups excluding carboxylic acids is 2. The minimum Gasteiger partial charge on any atom is -0.480 e. The van der Waals surface area contributed by atoms with Gasteiger partial charge in [0.15, 0.2) is 0 Å². The van der Waals surface area contributed by atoms with Crippen molar-refractivity contribution in [3.05, 3.63) is 74.7 Å². The number of benzene rings is 2. The highest BCUT2D eigenvalue weighted by molar-refractivity contribution is 8.00. The summed E-state index contributed by atoms with van der Waals surface area (Å²) in [5.74, 6) is -1.73. The van der Waals surface area contributed by atoms with E-state index in [1.807, 2.05) is 54.6 Å². The van der Waals surface area contributed by atoms with Crippen molar-refractivity contribution in [1.29, 1.82) is 0 Å². The zero-order valence-electron chi connectivity index (χ0n) is 20.3. The van der Waals surface area contributed by atoms with Gasteiger partial charge in [-0.15, -0.1) is 11.8 Å². The molecule has 1 saturated heterocycles. The Morgan fingerprint density at radius 3 is 2.47 bits per heavy atom. The number of nitrogens with one attached hydrogen (secondary N) is 1. The topological polar surface area (TPSA) is 117 Å². The number of H-pyrrole nitrogens is 1. The fourth-order valence-electron chi connectivity index (χ4n) is 7.30.